The number of aliphatic hydroxyl groups excluding tert-OH is 1. The molecular formula is C14H17F2NO. The Hall–Kier alpha value is -1.44. The van der Waals surface area contributed by atoms with Crippen LogP contribution in [0.15, 0.2) is 18.2 Å². The normalized spacial score (nSPS) is 14.3. The molecule has 18 heavy (non-hydrogen) atoms. The summed E-state index contributed by atoms with van der Waals surface area (Å²) in [6.07, 6.45) is 4.05. The van der Waals surface area contributed by atoms with Gasteiger partial charge in [-0.05, 0) is 18.1 Å². The zero-order valence-corrected chi connectivity index (χ0v) is 10.5. The highest BCUT2D eigenvalue weighted by atomic mass is 19.1. The van der Waals surface area contributed by atoms with Gasteiger partial charge in [-0.3, -0.25) is 0 Å². The molecule has 0 spiro atoms. The smallest absolute Gasteiger partial charge is 0.131 e. The lowest BCUT2D eigenvalue weighted by Gasteiger charge is -2.20. The molecule has 2 atom stereocenters. The van der Waals surface area contributed by atoms with Crippen LogP contribution in [-0.2, 0) is 0 Å². The van der Waals surface area contributed by atoms with E-state index in [0.717, 1.165) is 12.1 Å². The average Bonchev–Trinajstić information content (AvgIpc) is 2.29. The number of halogens is 2. The molecule has 1 aromatic carbocycles. The molecule has 1 rings (SSSR count). The third-order valence-electron chi connectivity index (χ3n) is 2.71. The van der Waals surface area contributed by atoms with Crippen molar-refractivity contribution in [2.45, 2.75) is 26.0 Å². The summed E-state index contributed by atoms with van der Waals surface area (Å²) in [5.41, 5.74) is -0.329. The lowest BCUT2D eigenvalue weighted by Crippen LogP contribution is -2.35. The van der Waals surface area contributed by atoms with Crippen molar-refractivity contribution in [3.05, 3.63) is 35.4 Å². The first-order valence-electron chi connectivity index (χ1n) is 5.78. The highest BCUT2D eigenvalue weighted by Crippen LogP contribution is 2.20. The lowest BCUT2D eigenvalue weighted by atomic mass is 10.0. The summed E-state index contributed by atoms with van der Waals surface area (Å²) in [5.74, 6) is 1.19. The molecular weight excluding hydrogens is 236 g/mol. The van der Waals surface area contributed by atoms with Crippen LogP contribution in [-0.4, -0.2) is 17.7 Å². The summed E-state index contributed by atoms with van der Waals surface area (Å²) in [6, 6.07) is 3.24. The Kier molecular flexibility index (Phi) is 5.26. The highest BCUT2D eigenvalue weighted by molar-refractivity contribution is 5.22. The summed E-state index contributed by atoms with van der Waals surface area (Å²) in [7, 11) is 0. The van der Waals surface area contributed by atoms with Gasteiger partial charge in [0.2, 0.25) is 0 Å². The topological polar surface area (TPSA) is 32.3 Å². The summed E-state index contributed by atoms with van der Waals surface area (Å²) in [5, 5.41) is 12.7. The molecule has 2 unspecified atom stereocenters. The van der Waals surface area contributed by atoms with Gasteiger partial charge in [-0.15, -0.1) is 6.42 Å². The summed E-state index contributed by atoms with van der Waals surface area (Å²) in [6.45, 7) is 3.85. The number of terminal acetylenes is 1. The first kappa shape index (κ1) is 14.6. The van der Waals surface area contributed by atoms with E-state index < -0.39 is 17.7 Å². The van der Waals surface area contributed by atoms with Crippen molar-refractivity contribution in [3.8, 4) is 12.3 Å². The third kappa shape index (κ3) is 3.52. The van der Waals surface area contributed by atoms with Crippen molar-refractivity contribution in [1.29, 1.82) is 0 Å². The van der Waals surface area contributed by atoms with E-state index in [4.69, 9.17) is 6.42 Å². The van der Waals surface area contributed by atoms with Crippen molar-refractivity contribution in [1.82, 2.24) is 5.32 Å². The van der Waals surface area contributed by atoms with E-state index in [2.05, 4.69) is 11.2 Å². The third-order valence-corrected chi connectivity index (χ3v) is 2.71. The largest absolute Gasteiger partial charge is 0.387 e. The van der Waals surface area contributed by atoms with Gasteiger partial charge in [0, 0.05) is 6.54 Å². The predicted molar refractivity (Wildman–Crippen MR) is 66.8 cm³/mol. The zero-order chi connectivity index (χ0) is 13.7. The van der Waals surface area contributed by atoms with Crippen molar-refractivity contribution < 1.29 is 13.9 Å². The molecule has 2 nitrogen and oxygen atoms in total. The molecule has 0 heterocycles. The Bertz CT molecular complexity index is 420. The van der Waals surface area contributed by atoms with E-state index in [0.29, 0.717) is 0 Å². The van der Waals surface area contributed by atoms with Gasteiger partial charge in [0.05, 0.1) is 17.7 Å². The number of hydrogen-bond acceptors (Lipinski definition) is 2. The monoisotopic (exact) mass is 253 g/mol. The van der Waals surface area contributed by atoms with E-state index in [1.807, 2.05) is 13.8 Å². The van der Waals surface area contributed by atoms with Crippen molar-refractivity contribution in [3.63, 3.8) is 0 Å². The number of nitrogens with one attached hydrogen (secondary N) is 1. The van der Waals surface area contributed by atoms with E-state index in [9.17, 15) is 13.9 Å². The molecule has 98 valence electrons. The molecule has 0 aliphatic rings. The zero-order valence-electron chi connectivity index (χ0n) is 10.5. The molecule has 0 bridgehead atoms. The molecule has 0 aliphatic carbocycles. The van der Waals surface area contributed by atoms with Gasteiger partial charge < -0.3 is 10.4 Å². The maximum Gasteiger partial charge on any atom is 0.131 e. The van der Waals surface area contributed by atoms with Crippen LogP contribution in [0.25, 0.3) is 0 Å². The van der Waals surface area contributed by atoms with Crippen LogP contribution in [0.3, 0.4) is 0 Å². The SMILES string of the molecule is C#CC(NCC(O)c1c(F)cccc1F)C(C)C. The molecule has 0 fully saturated rings. The minimum absolute atomic E-state index is 0.00486. The van der Waals surface area contributed by atoms with Gasteiger partial charge >= 0.3 is 0 Å². The van der Waals surface area contributed by atoms with Gasteiger partial charge in [0.25, 0.3) is 0 Å². The summed E-state index contributed by atoms with van der Waals surface area (Å²) in [4.78, 5) is 0. The maximum absolute atomic E-state index is 13.4. The number of benzene rings is 1. The Morgan fingerprint density at radius 1 is 1.33 bits per heavy atom. The second-order valence-corrected chi connectivity index (χ2v) is 4.45. The highest BCUT2D eigenvalue weighted by Gasteiger charge is 2.19. The van der Waals surface area contributed by atoms with Crippen LogP contribution < -0.4 is 5.32 Å². The molecule has 0 saturated carbocycles. The van der Waals surface area contributed by atoms with Crippen LogP contribution in [0.4, 0.5) is 8.78 Å². The first-order chi connectivity index (χ1) is 8.47. The Balaban J connectivity index is 2.72. The quantitative estimate of drug-likeness (QED) is 0.789. The van der Waals surface area contributed by atoms with Crippen LogP contribution >= 0.6 is 0 Å². The summed E-state index contributed by atoms with van der Waals surface area (Å²) >= 11 is 0. The molecule has 2 N–H and O–H groups in total. The van der Waals surface area contributed by atoms with E-state index >= 15 is 0 Å². The average molecular weight is 253 g/mol. The van der Waals surface area contributed by atoms with Gasteiger partial charge in [-0.1, -0.05) is 25.8 Å². The van der Waals surface area contributed by atoms with E-state index in [-0.39, 0.29) is 24.1 Å². The van der Waals surface area contributed by atoms with Gasteiger partial charge in [-0.25, -0.2) is 8.78 Å². The number of aliphatic hydroxyl groups is 1. The fraction of sp³-hybridized carbons (Fsp3) is 0.429. The van der Waals surface area contributed by atoms with Gasteiger partial charge in [0.1, 0.15) is 11.6 Å². The molecule has 0 aromatic heterocycles. The molecule has 0 saturated heterocycles. The lowest BCUT2D eigenvalue weighted by molar-refractivity contribution is 0.160. The molecule has 0 amide bonds. The van der Waals surface area contributed by atoms with Gasteiger partial charge in [-0.2, -0.15) is 0 Å². The van der Waals surface area contributed by atoms with Crippen LogP contribution in [0, 0.1) is 29.9 Å². The van der Waals surface area contributed by atoms with Crippen molar-refractivity contribution in [2.75, 3.05) is 6.54 Å². The fourth-order valence-corrected chi connectivity index (χ4v) is 1.66. The molecule has 4 heteroatoms. The Morgan fingerprint density at radius 2 is 1.89 bits per heavy atom. The van der Waals surface area contributed by atoms with Crippen LogP contribution in [0.5, 0.6) is 0 Å². The Labute approximate surface area is 106 Å². The van der Waals surface area contributed by atoms with Gasteiger partial charge in [0.15, 0.2) is 0 Å². The molecule has 1 aromatic rings. The minimum Gasteiger partial charge on any atom is -0.387 e. The number of hydrogen-bond donors (Lipinski definition) is 2. The minimum atomic E-state index is -1.26. The fourth-order valence-electron chi connectivity index (χ4n) is 1.66. The van der Waals surface area contributed by atoms with E-state index in [1.165, 1.54) is 6.07 Å². The van der Waals surface area contributed by atoms with Crippen LogP contribution in [0.1, 0.15) is 25.5 Å². The Morgan fingerprint density at radius 3 is 2.33 bits per heavy atom. The van der Waals surface area contributed by atoms with E-state index in [1.54, 1.807) is 0 Å². The second-order valence-electron chi connectivity index (χ2n) is 4.45. The molecule has 0 aliphatic heterocycles. The maximum atomic E-state index is 13.4. The predicted octanol–water partition coefficient (Wildman–Crippen LogP) is 2.25. The van der Waals surface area contributed by atoms with Crippen LogP contribution in [0.2, 0.25) is 0 Å². The summed E-state index contributed by atoms with van der Waals surface area (Å²) < 4.78 is 26.8. The molecule has 0 radical (unpaired) electrons. The van der Waals surface area contributed by atoms with Crippen molar-refractivity contribution >= 4 is 0 Å². The first-order valence-corrected chi connectivity index (χ1v) is 5.78. The second kappa shape index (κ2) is 6.48. The standard InChI is InChI=1S/C14H17F2NO/c1-4-12(9(2)3)17-8-13(18)14-10(15)6-5-7-11(14)16/h1,5-7,9,12-13,17-18H,8H2,2-3H3. The van der Waals surface area contributed by atoms with Crippen molar-refractivity contribution in [2.24, 2.45) is 5.92 Å². The number of rotatable bonds is 5.